The number of hydrogen-bond donors (Lipinski definition) is 4. The van der Waals surface area contributed by atoms with Gasteiger partial charge >= 0.3 is 0 Å². The first kappa shape index (κ1) is 17.2. The average molecular weight is 363 g/mol. The summed E-state index contributed by atoms with van der Waals surface area (Å²) in [6.45, 7) is 0. The molecule has 0 aliphatic carbocycles. The molecule has 0 bridgehead atoms. The summed E-state index contributed by atoms with van der Waals surface area (Å²) < 4.78 is 0. The van der Waals surface area contributed by atoms with Crippen molar-refractivity contribution in [1.29, 1.82) is 10.8 Å². The summed E-state index contributed by atoms with van der Waals surface area (Å²) in [5.41, 5.74) is 12.8. The average Bonchev–Trinajstić information content (AvgIpc) is 3.16. The highest BCUT2D eigenvalue weighted by Crippen LogP contribution is 2.37. The summed E-state index contributed by atoms with van der Waals surface area (Å²) in [4.78, 5) is 4.21. The second kappa shape index (κ2) is 6.95. The Bertz CT molecular complexity index is 849. The number of thiophene rings is 2. The molecule has 4 nitrogen and oxygen atoms in total. The first-order valence-electron chi connectivity index (χ1n) is 6.54. The van der Waals surface area contributed by atoms with Crippen molar-refractivity contribution in [2.45, 2.75) is 0 Å². The molecule has 0 saturated heterocycles. The van der Waals surface area contributed by atoms with Crippen molar-refractivity contribution in [1.82, 2.24) is 0 Å². The first-order chi connectivity index (χ1) is 10.5. The topological polar surface area (TPSA) is 99.7 Å². The molecule has 2 aromatic heterocycles. The number of hydrogen-bond acceptors (Lipinski definition) is 4. The van der Waals surface area contributed by atoms with Crippen LogP contribution in [-0.2, 0) is 0 Å². The van der Waals surface area contributed by atoms with Crippen LogP contribution < -0.4 is 11.5 Å². The van der Waals surface area contributed by atoms with E-state index >= 15 is 0 Å². The number of nitrogens with one attached hydrogen (secondary N) is 2. The molecule has 0 unspecified atom stereocenters. The number of amidine groups is 2. The van der Waals surface area contributed by atoms with Gasteiger partial charge in [-0.3, -0.25) is 10.8 Å². The minimum atomic E-state index is 0. The Labute approximate surface area is 148 Å². The molecular weight excluding hydrogens is 348 g/mol. The summed E-state index contributed by atoms with van der Waals surface area (Å²) in [5.74, 6) is 0.182. The lowest BCUT2D eigenvalue weighted by atomic mass is 10.1. The SMILES string of the molecule is Cl.N=C(N)c1ccc(-c2ccc(-c3ccc(C(=N)N)s3)s2)cc1. The van der Waals surface area contributed by atoms with Crippen LogP contribution in [0.1, 0.15) is 10.4 Å². The normalized spacial score (nSPS) is 10.1. The van der Waals surface area contributed by atoms with Crippen LogP contribution in [0.2, 0.25) is 0 Å². The van der Waals surface area contributed by atoms with Gasteiger partial charge in [-0.2, -0.15) is 0 Å². The van der Waals surface area contributed by atoms with Crippen LogP contribution in [0.15, 0.2) is 48.5 Å². The van der Waals surface area contributed by atoms with Gasteiger partial charge in [0.2, 0.25) is 0 Å². The molecule has 0 amide bonds. The predicted octanol–water partition coefficient (Wildman–Crippen LogP) is 4.13. The van der Waals surface area contributed by atoms with Crippen molar-refractivity contribution in [2.24, 2.45) is 11.5 Å². The quantitative estimate of drug-likeness (QED) is 0.414. The van der Waals surface area contributed by atoms with Gasteiger partial charge in [0.15, 0.2) is 0 Å². The van der Waals surface area contributed by atoms with E-state index in [0.29, 0.717) is 0 Å². The zero-order valence-corrected chi connectivity index (χ0v) is 14.4. The fourth-order valence-corrected chi connectivity index (χ4v) is 4.02. The molecule has 0 saturated carbocycles. The lowest BCUT2D eigenvalue weighted by Crippen LogP contribution is -2.10. The highest BCUT2D eigenvalue weighted by Gasteiger charge is 2.09. The maximum absolute atomic E-state index is 7.47. The Morgan fingerprint density at radius 1 is 0.696 bits per heavy atom. The summed E-state index contributed by atoms with van der Waals surface area (Å²) >= 11 is 3.22. The van der Waals surface area contributed by atoms with Crippen LogP contribution >= 0.6 is 35.1 Å². The number of nitrogen functional groups attached to an aromatic ring is 2. The highest BCUT2D eigenvalue weighted by molar-refractivity contribution is 7.24. The van der Waals surface area contributed by atoms with Crippen LogP contribution in [0.3, 0.4) is 0 Å². The zero-order valence-electron chi connectivity index (χ0n) is 12.0. The van der Waals surface area contributed by atoms with Gasteiger partial charge < -0.3 is 11.5 Å². The van der Waals surface area contributed by atoms with Crippen molar-refractivity contribution in [2.75, 3.05) is 0 Å². The Morgan fingerprint density at radius 2 is 1.26 bits per heavy atom. The fraction of sp³-hybridized carbons (Fsp3) is 0. The van der Waals surface area contributed by atoms with Crippen LogP contribution in [-0.4, -0.2) is 11.7 Å². The van der Waals surface area contributed by atoms with E-state index in [1.54, 1.807) is 11.3 Å². The fourth-order valence-electron chi connectivity index (χ4n) is 2.05. The second-order valence-electron chi connectivity index (χ2n) is 4.73. The van der Waals surface area contributed by atoms with Gasteiger partial charge in [0.25, 0.3) is 0 Å². The molecule has 0 aliphatic rings. The van der Waals surface area contributed by atoms with Crippen LogP contribution in [0.4, 0.5) is 0 Å². The van der Waals surface area contributed by atoms with E-state index in [9.17, 15) is 0 Å². The molecule has 0 radical (unpaired) electrons. The molecule has 23 heavy (non-hydrogen) atoms. The smallest absolute Gasteiger partial charge is 0.133 e. The largest absolute Gasteiger partial charge is 0.384 e. The highest BCUT2D eigenvalue weighted by atomic mass is 35.5. The molecule has 0 aliphatic heterocycles. The van der Waals surface area contributed by atoms with E-state index in [0.717, 1.165) is 30.6 Å². The third-order valence-electron chi connectivity index (χ3n) is 3.20. The van der Waals surface area contributed by atoms with E-state index in [1.807, 2.05) is 36.4 Å². The van der Waals surface area contributed by atoms with Gasteiger partial charge in [-0.05, 0) is 29.8 Å². The van der Waals surface area contributed by atoms with E-state index in [4.69, 9.17) is 22.3 Å². The second-order valence-corrected chi connectivity index (χ2v) is 6.90. The molecule has 118 valence electrons. The van der Waals surface area contributed by atoms with Crippen LogP contribution in [0.25, 0.3) is 20.2 Å². The maximum atomic E-state index is 7.47. The van der Waals surface area contributed by atoms with Crippen molar-refractivity contribution in [3.8, 4) is 20.2 Å². The van der Waals surface area contributed by atoms with E-state index < -0.39 is 0 Å². The van der Waals surface area contributed by atoms with Gasteiger partial charge in [0, 0.05) is 20.2 Å². The maximum Gasteiger partial charge on any atom is 0.133 e. The Morgan fingerprint density at radius 3 is 1.83 bits per heavy atom. The van der Waals surface area contributed by atoms with Crippen molar-refractivity contribution < 1.29 is 0 Å². The van der Waals surface area contributed by atoms with Gasteiger partial charge in [-0.1, -0.05) is 24.3 Å². The number of halogens is 1. The molecule has 0 atom stereocenters. The summed E-state index contributed by atoms with van der Waals surface area (Å²) in [7, 11) is 0. The summed E-state index contributed by atoms with van der Waals surface area (Å²) in [5, 5.41) is 14.9. The predicted molar refractivity (Wildman–Crippen MR) is 102 cm³/mol. The molecule has 1 aromatic carbocycles. The third kappa shape index (κ3) is 3.61. The van der Waals surface area contributed by atoms with Crippen LogP contribution in [0.5, 0.6) is 0 Å². The number of rotatable bonds is 4. The molecule has 3 rings (SSSR count). The van der Waals surface area contributed by atoms with Gasteiger partial charge in [0.1, 0.15) is 11.7 Å². The molecule has 2 heterocycles. The lowest BCUT2D eigenvalue weighted by Gasteiger charge is -2.00. The van der Waals surface area contributed by atoms with Gasteiger partial charge in [-0.15, -0.1) is 35.1 Å². The van der Waals surface area contributed by atoms with Crippen molar-refractivity contribution in [3.63, 3.8) is 0 Å². The molecule has 0 spiro atoms. The molecule has 6 N–H and O–H groups in total. The van der Waals surface area contributed by atoms with Gasteiger partial charge in [-0.25, -0.2) is 0 Å². The minimum absolute atomic E-state index is 0. The van der Waals surface area contributed by atoms with E-state index in [-0.39, 0.29) is 24.1 Å². The molecule has 7 heteroatoms. The lowest BCUT2D eigenvalue weighted by molar-refractivity contribution is 1.43. The van der Waals surface area contributed by atoms with E-state index in [2.05, 4.69) is 12.1 Å². The van der Waals surface area contributed by atoms with Crippen LogP contribution in [0, 0.1) is 10.8 Å². The Hall–Kier alpha value is -2.15. The minimum Gasteiger partial charge on any atom is -0.384 e. The standard InChI is InChI=1S/C16H14N4S2.ClH/c17-15(18)10-3-1-9(2-4-10)11-5-6-12(21-11)13-7-8-14(22-13)16(19)20;/h1-8H,(H3,17,18)(H3,19,20);1H. The van der Waals surface area contributed by atoms with E-state index in [1.165, 1.54) is 11.3 Å². The number of nitrogens with two attached hydrogens (primary N) is 2. The number of benzene rings is 1. The summed E-state index contributed by atoms with van der Waals surface area (Å²) in [6, 6.07) is 15.7. The molecular formula is C16H15ClN4S2. The molecule has 0 fully saturated rings. The van der Waals surface area contributed by atoms with Gasteiger partial charge in [0.05, 0.1) is 4.88 Å². The Balaban J connectivity index is 0.00000192. The Kier molecular flexibility index (Phi) is 5.20. The van der Waals surface area contributed by atoms with Crippen molar-refractivity contribution >= 4 is 46.8 Å². The molecule has 3 aromatic rings. The summed E-state index contributed by atoms with van der Waals surface area (Å²) in [6.07, 6.45) is 0. The first-order valence-corrected chi connectivity index (χ1v) is 8.17. The third-order valence-corrected chi connectivity index (χ3v) is 5.65. The van der Waals surface area contributed by atoms with Crippen molar-refractivity contribution in [3.05, 3.63) is 59.0 Å². The zero-order chi connectivity index (χ0) is 15.7. The monoisotopic (exact) mass is 362 g/mol.